The Hall–Kier alpha value is -0.000000000000000222. The Bertz CT molecular complexity index is 1080. The number of aliphatic hydroxyl groups is 1. The third-order valence-corrected chi connectivity index (χ3v) is 11.7. The summed E-state index contributed by atoms with van der Waals surface area (Å²) in [4.78, 5) is 11.9. The molecule has 0 radical (unpaired) electrons. The molecule has 10 heteroatoms. The first-order chi connectivity index (χ1) is 17.7. The summed E-state index contributed by atoms with van der Waals surface area (Å²) in [5, 5.41) is 11.0. The van der Waals surface area contributed by atoms with Crippen molar-refractivity contribution in [1.29, 1.82) is 0 Å². The second-order valence-electron chi connectivity index (χ2n) is 13.8. The predicted octanol–water partition coefficient (Wildman–Crippen LogP) is 1.38. The zero-order valence-electron chi connectivity index (χ0n) is 24.6. The van der Waals surface area contributed by atoms with Crippen molar-refractivity contribution >= 4 is 16.4 Å². The van der Waals surface area contributed by atoms with E-state index in [9.17, 15) is 22.9 Å². The van der Waals surface area contributed by atoms with Gasteiger partial charge < -0.3 is 19.1 Å². The fourth-order valence-electron chi connectivity index (χ4n) is 9.58. The predicted molar refractivity (Wildman–Crippen MR) is 139 cm³/mol. The Morgan fingerprint density at radius 2 is 1.85 bits per heavy atom. The van der Waals surface area contributed by atoms with Gasteiger partial charge in [0, 0.05) is 6.92 Å². The van der Waals surface area contributed by atoms with E-state index in [0.29, 0.717) is 48.7 Å². The molecule has 1 unspecified atom stereocenters. The van der Waals surface area contributed by atoms with Crippen LogP contribution in [0.15, 0.2) is 11.6 Å². The van der Waals surface area contributed by atoms with Gasteiger partial charge in [-0.25, -0.2) is 8.42 Å². The van der Waals surface area contributed by atoms with Crippen LogP contribution in [0.2, 0.25) is 0 Å². The van der Waals surface area contributed by atoms with Gasteiger partial charge in [-0.1, -0.05) is 46.3 Å². The SMILES string of the molecule is CC(=O)O[C@@H]1C[C@@]2(C)C(CC=C3[C@@H]4CC[C@H]([C@H](C)[C@@H]5O[C@H]5CC(C)C)[C@@]4(C)CC[C@@H]32)[C@H](OS(=O)(=O)[O-])[C@H]1O.[Na+]. The zero-order chi connectivity index (χ0) is 27.8. The van der Waals surface area contributed by atoms with Crippen molar-refractivity contribution in [2.45, 2.75) is 117 Å². The number of fused-ring (bicyclic) bond motifs is 5. The van der Waals surface area contributed by atoms with Crippen LogP contribution in [0.5, 0.6) is 0 Å². The van der Waals surface area contributed by atoms with Crippen LogP contribution in [0.3, 0.4) is 0 Å². The number of esters is 1. The van der Waals surface area contributed by atoms with Crippen molar-refractivity contribution in [1.82, 2.24) is 0 Å². The molecule has 216 valence electrons. The Morgan fingerprint density at radius 3 is 2.46 bits per heavy atom. The summed E-state index contributed by atoms with van der Waals surface area (Å²) in [5.41, 5.74) is 1.15. The molecule has 0 bridgehead atoms. The number of carbonyl (C=O) groups is 1. The van der Waals surface area contributed by atoms with Crippen LogP contribution in [0.1, 0.15) is 86.5 Å². The van der Waals surface area contributed by atoms with Gasteiger partial charge in [-0.15, -0.1) is 0 Å². The molecule has 1 N–H and O–H groups in total. The first kappa shape index (κ1) is 31.9. The topological polar surface area (TPSA) is 125 Å². The van der Waals surface area contributed by atoms with E-state index in [2.05, 4.69) is 40.7 Å². The number of carbonyl (C=O) groups excluding carboxylic acids is 1. The molecule has 0 aromatic heterocycles. The Balaban J connectivity index is 0.00000353. The molecule has 5 aliphatic rings. The van der Waals surface area contributed by atoms with Crippen LogP contribution < -0.4 is 29.6 Å². The number of allylic oxidation sites excluding steroid dienone is 2. The first-order valence-corrected chi connectivity index (χ1v) is 15.8. The summed E-state index contributed by atoms with van der Waals surface area (Å²) in [5.74, 6) is 1.42. The summed E-state index contributed by atoms with van der Waals surface area (Å²) >= 11 is 0. The molecule has 12 atom stereocenters. The second-order valence-corrected chi connectivity index (χ2v) is 14.8. The van der Waals surface area contributed by atoms with Gasteiger partial charge in [-0.3, -0.25) is 8.98 Å². The fraction of sp³-hybridized carbons (Fsp3) is 0.897. The molecule has 0 aromatic rings. The third-order valence-electron chi connectivity index (χ3n) is 11.2. The van der Waals surface area contributed by atoms with Crippen LogP contribution in [0.4, 0.5) is 0 Å². The molecular weight excluding hydrogens is 531 g/mol. The normalized spacial score (nSPS) is 45.8. The maximum atomic E-state index is 11.9. The van der Waals surface area contributed by atoms with E-state index in [0.717, 1.165) is 25.7 Å². The van der Waals surface area contributed by atoms with Gasteiger partial charge in [-0.05, 0) is 91.3 Å². The van der Waals surface area contributed by atoms with E-state index in [1.807, 2.05) is 0 Å². The van der Waals surface area contributed by atoms with E-state index in [4.69, 9.17) is 13.7 Å². The van der Waals surface area contributed by atoms with Gasteiger partial charge in [0.1, 0.15) is 18.3 Å². The summed E-state index contributed by atoms with van der Waals surface area (Å²) in [6, 6.07) is 0. The maximum Gasteiger partial charge on any atom is 1.00 e. The van der Waals surface area contributed by atoms with Crippen molar-refractivity contribution < 1.29 is 66.1 Å². The van der Waals surface area contributed by atoms with Gasteiger partial charge in [0.2, 0.25) is 10.4 Å². The standard InChI is InChI=1S/C29H46O8S.Na/c1-15(2)13-23-26(36-23)16(3)19-9-10-20-18-7-8-22-27(37-38(32,33)34)25(31)24(35-17(4)30)14-29(22,6)21(18)11-12-28(19,20)5;/h7,15-16,19-27,31H,8-14H2,1-6H3,(H,32,33,34);/q;+1/p-1/t16-,19+,20-,21-,22?,23-,24+,25-,26-,27-,28+,29+;/m0./s1. The second kappa shape index (κ2) is 11.3. The molecule has 0 amide bonds. The van der Waals surface area contributed by atoms with E-state index >= 15 is 0 Å². The number of hydrogen-bond acceptors (Lipinski definition) is 8. The van der Waals surface area contributed by atoms with Crippen LogP contribution in [-0.2, 0) is 28.9 Å². The molecule has 3 saturated carbocycles. The largest absolute Gasteiger partial charge is 1.00 e. The number of hydrogen-bond donors (Lipinski definition) is 1. The minimum absolute atomic E-state index is 0. The Labute approximate surface area is 256 Å². The van der Waals surface area contributed by atoms with Crippen molar-refractivity contribution in [3.8, 4) is 0 Å². The molecular formula is C29H45NaO8S. The van der Waals surface area contributed by atoms with E-state index < -0.39 is 40.1 Å². The Kier molecular flexibility index (Phi) is 9.21. The summed E-state index contributed by atoms with van der Waals surface area (Å²) in [6.45, 7) is 12.7. The molecule has 39 heavy (non-hydrogen) atoms. The molecule has 4 fully saturated rings. The van der Waals surface area contributed by atoms with E-state index in [1.165, 1.54) is 18.9 Å². The summed E-state index contributed by atoms with van der Waals surface area (Å²) < 4.78 is 51.5. The van der Waals surface area contributed by atoms with Crippen molar-refractivity contribution in [3.63, 3.8) is 0 Å². The molecule has 0 aromatic carbocycles. The average molecular weight is 577 g/mol. The van der Waals surface area contributed by atoms with Gasteiger partial charge in [0.25, 0.3) is 0 Å². The average Bonchev–Trinajstić information content (AvgIpc) is 3.45. The quantitative estimate of drug-likeness (QED) is 0.120. The van der Waals surface area contributed by atoms with Crippen LogP contribution >= 0.6 is 0 Å². The summed E-state index contributed by atoms with van der Waals surface area (Å²) in [7, 11) is -5.05. The molecule has 8 nitrogen and oxygen atoms in total. The number of aliphatic hydroxyl groups excluding tert-OH is 1. The third kappa shape index (κ3) is 5.82. The molecule has 1 aliphatic heterocycles. The first-order valence-electron chi connectivity index (χ1n) is 14.5. The van der Waals surface area contributed by atoms with Gasteiger partial charge in [-0.2, -0.15) is 0 Å². The monoisotopic (exact) mass is 576 g/mol. The number of ether oxygens (including phenoxy) is 2. The smallest absolute Gasteiger partial charge is 0.726 e. The van der Waals surface area contributed by atoms with E-state index in [-0.39, 0.29) is 46.8 Å². The molecule has 1 saturated heterocycles. The Morgan fingerprint density at radius 1 is 1.18 bits per heavy atom. The minimum Gasteiger partial charge on any atom is -0.726 e. The molecule has 0 spiro atoms. The van der Waals surface area contributed by atoms with Gasteiger partial charge >= 0.3 is 35.5 Å². The molecule has 4 aliphatic carbocycles. The van der Waals surface area contributed by atoms with Gasteiger partial charge in [0.15, 0.2) is 0 Å². The number of epoxide rings is 1. The minimum atomic E-state index is -5.05. The van der Waals surface area contributed by atoms with Crippen molar-refractivity contribution in [2.75, 3.05) is 0 Å². The number of rotatable bonds is 7. The van der Waals surface area contributed by atoms with Crippen LogP contribution in [0, 0.1) is 46.3 Å². The summed E-state index contributed by atoms with van der Waals surface area (Å²) in [6.07, 6.45) is 5.82. The zero-order valence-corrected chi connectivity index (χ0v) is 27.4. The van der Waals surface area contributed by atoms with Crippen molar-refractivity contribution in [3.05, 3.63) is 11.6 Å². The van der Waals surface area contributed by atoms with Gasteiger partial charge in [0.05, 0.1) is 12.2 Å². The van der Waals surface area contributed by atoms with E-state index in [1.54, 1.807) is 0 Å². The fourth-order valence-corrected chi connectivity index (χ4v) is 10.1. The van der Waals surface area contributed by atoms with Crippen LogP contribution in [-0.4, -0.2) is 54.6 Å². The maximum absolute atomic E-state index is 11.9. The van der Waals surface area contributed by atoms with Crippen LogP contribution in [0.25, 0.3) is 0 Å². The molecule has 1 heterocycles. The van der Waals surface area contributed by atoms with Crippen molar-refractivity contribution in [2.24, 2.45) is 46.3 Å². The molecule has 5 rings (SSSR count).